The quantitative estimate of drug-likeness (QED) is 0.386. The van der Waals surface area contributed by atoms with Gasteiger partial charge in [0.15, 0.2) is 5.78 Å². The van der Waals surface area contributed by atoms with E-state index in [2.05, 4.69) is 45.9 Å². The van der Waals surface area contributed by atoms with Crippen LogP contribution in [-0.4, -0.2) is 54.1 Å². The van der Waals surface area contributed by atoms with Crippen molar-refractivity contribution in [3.05, 3.63) is 65.7 Å². The molecule has 3 rings (SSSR count). The van der Waals surface area contributed by atoms with E-state index in [4.69, 9.17) is 0 Å². The van der Waals surface area contributed by atoms with Gasteiger partial charge in [0.05, 0.1) is 6.61 Å². The van der Waals surface area contributed by atoms with Crippen LogP contribution in [0.25, 0.3) is 0 Å². The van der Waals surface area contributed by atoms with Crippen molar-refractivity contribution in [2.75, 3.05) is 31.6 Å². The van der Waals surface area contributed by atoms with Gasteiger partial charge in [-0.3, -0.25) is 9.69 Å². The molecule has 0 saturated carbocycles. The van der Waals surface area contributed by atoms with Crippen molar-refractivity contribution in [1.29, 1.82) is 0 Å². The van der Waals surface area contributed by atoms with Gasteiger partial charge in [-0.25, -0.2) is 4.79 Å². The monoisotopic (exact) mass is 437 g/mol. The summed E-state index contributed by atoms with van der Waals surface area (Å²) in [6, 6.07) is 17.8. The average molecular weight is 438 g/mol. The Balaban J connectivity index is 1.44. The van der Waals surface area contributed by atoms with Crippen LogP contribution in [0.2, 0.25) is 0 Å². The van der Waals surface area contributed by atoms with Crippen molar-refractivity contribution in [3.63, 3.8) is 0 Å². The van der Waals surface area contributed by atoms with Crippen molar-refractivity contribution in [3.8, 4) is 0 Å². The van der Waals surface area contributed by atoms with E-state index < -0.39 is 0 Å². The normalized spacial score (nSPS) is 18.8. The molecule has 1 aliphatic heterocycles. The molecule has 0 unspecified atom stereocenters. The molecule has 0 radical (unpaired) electrons. The van der Waals surface area contributed by atoms with Crippen LogP contribution in [0.15, 0.2) is 54.6 Å². The number of aliphatic hydroxyl groups excluding tert-OH is 1. The van der Waals surface area contributed by atoms with E-state index in [0.717, 1.165) is 38.6 Å². The van der Waals surface area contributed by atoms with Crippen molar-refractivity contribution in [2.45, 2.75) is 45.1 Å². The number of amides is 2. The number of benzene rings is 2. The number of likely N-dealkylation sites (tertiary alicyclic amines) is 1. The molecule has 1 fully saturated rings. The second-order valence-corrected chi connectivity index (χ2v) is 8.65. The summed E-state index contributed by atoms with van der Waals surface area (Å²) in [5, 5.41) is 15.2. The van der Waals surface area contributed by atoms with Gasteiger partial charge in [-0.1, -0.05) is 42.5 Å². The number of carbonyl (C=O) groups excluding carboxylic acids is 2. The van der Waals surface area contributed by atoms with Crippen molar-refractivity contribution >= 4 is 17.5 Å². The molecule has 0 spiro atoms. The number of hydrogen-bond acceptors (Lipinski definition) is 4. The Kier molecular flexibility index (Phi) is 9.26. The molecule has 0 aromatic heterocycles. The molecule has 2 aromatic rings. The van der Waals surface area contributed by atoms with Crippen molar-refractivity contribution in [1.82, 2.24) is 10.2 Å². The third kappa shape index (κ3) is 7.46. The molecule has 3 N–H and O–H groups in total. The fourth-order valence-corrected chi connectivity index (χ4v) is 4.57. The maximum Gasteiger partial charge on any atom is 0.319 e. The molecule has 2 amide bonds. The van der Waals surface area contributed by atoms with Gasteiger partial charge in [-0.05, 0) is 69.2 Å². The number of anilines is 1. The van der Waals surface area contributed by atoms with Gasteiger partial charge in [-0.15, -0.1) is 0 Å². The Bertz CT molecular complexity index is 872. The third-order valence-corrected chi connectivity index (χ3v) is 6.23. The first-order chi connectivity index (χ1) is 15.5. The molecular formula is C26H35N3O3. The molecule has 1 saturated heterocycles. The number of ketones is 1. The highest BCUT2D eigenvalue weighted by Gasteiger charge is 2.27. The zero-order valence-electron chi connectivity index (χ0n) is 18.9. The molecule has 1 aliphatic rings. The van der Waals surface area contributed by atoms with E-state index in [-0.39, 0.29) is 18.4 Å². The van der Waals surface area contributed by atoms with E-state index in [0.29, 0.717) is 36.3 Å². The fourth-order valence-electron chi connectivity index (χ4n) is 4.57. The van der Waals surface area contributed by atoms with Crippen LogP contribution in [0, 0.1) is 5.92 Å². The molecular weight excluding hydrogens is 402 g/mol. The van der Waals surface area contributed by atoms with Crippen LogP contribution in [0.4, 0.5) is 10.5 Å². The topological polar surface area (TPSA) is 81.7 Å². The maximum atomic E-state index is 12.2. The summed E-state index contributed by atoms with van der Waals surface area (Å²) in [5.41, 5.74) is 2.58. The van der Waals surface area contributed by atoms with E-state index >= 15 is 0 Å². The highest BCUT2D eigenvalue weighted by molar-refractivity contribution is 5.96. The van der Waals surface area contributed by atoms with Gasteiger partial charge in [0, 0.05) is 30.4 Å². The lowest BCUT2D eigenvalue weighted by atomic mass is 9.84. The summed E-state index contributed by atoms with van der Waals surface area (Å²) in [7, 11) is 0. The molecule has 2 atom stereocenters. The number of nitrogens with zero attached hydrogens (tertiary/aromatic N) is 1. The van der Waals surface area contributed by atoms with E-state index in [9.17, 15) is 14.7 Å². The Morgan fingerprint density at radius 3 is 2.69 bits per heavy atom. The molecule has 1 heterocycles. The predicted molar refractivity (Wildman–Crippen MR) is 128 cm³/mol. The molecule has 172 valence electrons. The lowest BCUT2D eigenvalue weighted by Crippen LogP contribution is -2.44. The van der Waals surface area contributed by atoms with Gasteiger partial charge in [0.2, 0.25) is 0 Å². The van der Waals surface area contributed by atoms with Crippen LogP contribution in [0.5, 0.6) is 0 Å². The van der Waals surface area contributed by atoms with E-state index in [1.165, 1.54) is 12.5 Å². The molecule has 0 aliphatic carbocycles. The SMILES string of the molecule is CC(=O)c1cccc(NC(=O)NCCC[C@@H]2C[C@@H](Cc3ccccc3)CCN2CCO)c1. The first-order valence-corrected chi connectivity index (χ1v) is 11.6. The van der Waals surface area contributed by atoms with Gasteiger partial charge in [-0.2, -0.15) is 0 Å². The summed E-state index contributed by atoms with van der Waals surface area (Å²) in [6.45, 7) is 4.01. The minimum atomic E-state index is -0.261. The lowest BCUT2D eigenvalue weighted by molar-refractivity contribution is 0.0832. The van der Waals surface area contributed by atoms with Crippen molar-refractivity contribution < 1.29 is 14.7 Å². The molecule has 2 aromatic carbocycles. The number of carbonyl (C=O) groups is 2. The molecule has 32 heavy (non-hydrogen) atoms. The van der Waals surface area contributed by atoms with Gasteiger partial charge >= 0.3 is 6.03 Å². The molecule has 6 heteroatoms. The number of β-amino-alcohol motifs (C(OH)–C–C–N with tert-alkyl or cyclic N) is 1. The highest BCUT2D eigenvalue weighted by atomic mass is 16.3. The van der Waals surface area contributed by atoms with E-state index in [1.807, 2.05) is 0 Å². The summed E-state index contributed by atoms with van der Waals surface area (Å²) < 4.78 is 0. The summed E-state index contributed by atoms with van der Waals surface area (Å²) in [4.78, 5) is 26.1. The second kappa shape index (κ2) is 12.4. The smallest absolute Gasteiger partial charge is 0.319 e. The number of urea groups is 1. The maximum absolute atomic E-state index is 12.2. The Hall–Kier alpha value is -2.70. The van der Waals surface area contributed by atoms with Gasteiger partial charge in [0.1, 0.15) is 0 Å². The first kappa shape index (κ1) is 24.0. The Morgan fingerprint density at radius 1 is 1.12 bits per heavy atom. The third-order valence-electron chi connectivity index (χ3n) is 6.23. The second-order valence-electron chi connectivity index (χ2n) is 8.65. The van der Waals surface area contributed by atoms with Crippen LogP contribution >= 0.6 is 0 Å². The molecule has 6 nitrogen and oxygen atoms in total. The van der Waals surface area contributed by atoms with E-state index in [1.54, 1.807) is 24.3 Å². The number of hydrogen-bond donors (Lipinski definition) is 3. The number of piperidine rings is 1. The molecule has 0 bridgehead atoms. The zero-order chi connectivity index (χ0) is 22.8. The summed E-state index contributed by atoms with van der Waals surface area (Å²) in [5.74, 6) is 0.627. The number of Topliss-reactive ketones (excluding diaryl/α,β-unsaturated/α-hetero) is 1. The minimum Gasteiger partial charge on any atom is -0.395 e. The number of rotatable bonds is 10. The van der Waals surface area contributed by atoms with Crippen LogP contribution in [0.1, 0.15) is 48.5 Å². The van der Waals surface area contributed by atoms with Crippen LogP contribution in [0.3, 0.4) is 0 Å². The van der Waals surface area contributed by atoms with Crippen molar-refractivity contribution in [2.24, 2.45) is 5.92 Å². The summed E-state index contributed by atoms with van der Waals surface area (Å²) in [6.07, 6.45) is 5.26. The lowest BCUT2D eigenvalue weighted by Gasteiger charge is -2.39. The standard InChI is InChI=1S/C26H35N3O3/c1-20(31)23-9-5-10-24(19-23)28-26(32)27-13-6-11-25-18-22(12-14-29(25)15-16-30)17-21-7-3-2-4-8-21/h2-5,7-10,19,22,25,30H,6,11-18H2,1H3,(H2,27,28,32)/t22-,25-/m1/s1. The average Bonchev–Trinajstić information content (AvgIpc) is 2.79. The van der Waals surface area contributed by atoms with Gasteiger partial charge < -0.3 is 15.7 Å². The Labute approximate surface area is 191 Å². The Morgan fingerprint density at radius 2 is 1.94 bits per heavy atom. The fraction of sp³-hybridized carbons (Fsp3) is 0.462. The predicted octanol–water partition coefficient (Wildman–Crippen LogP) is 4.11. The van der Waals surface area contributed by atoms with Crippen LogP contribution in [-0.2, 0) is 6.42 Å². The number of nitrogens with one attached hydrogen (secondary N) is 2. The van der Waals surface area contributed by atoms with Crippen LogP contribution < -0.4 is 10.6 Å². The largest absolute Gasteiger partial charge is 0.395 e. The summed E-state index contributed by atoms with van der Waals surface area (Å²) >= 11 is 0. The highest BCUT2D eigenvalue weighted by Crippen LogP contribution is 2.28. The first-order valence-electron chi connectivity index (χ1n) is 11.6. The zero-order valence-corrected chi connectivity index (χ0v) is 18.9. The number of aliphatic hydroxyl groups is 1. The van der Waals surface area contributed by atoms with Gasteiger partial charge in [0.25, 0.3) is 0 Å². The minimum absolute atomic E-state index is 0.0282.